The monoisotopic (exact) mass is 408 g/mol. The number of hydrogen-bond donors (Lipinski definition) is 1. The van der Waals surface area contributed by atoms with Gasteiger partial charge in [-0.2, -0.15) is 4.98 Å². The minimum Gasteiger partial charge on any atom is -0.482 e. The van der Waals surface area contributed by atoms with Gasteiger partial charge in [-0.3, -0.25) is 4.79 Å². The van der Waals surface area contributed by atoms with E-state index in [2.05, 4.69) is 20.6 Å². The Morgan fingerprint density at radius 2 is 1.90 bits per heavy atom. The molecule has 30 heavy (non-hydrogen) atoms. The fraction of sp³-hybridized carbons (Fsp3) is 0.143. The Bertz CT molecular complexity index is 1150. The zero-order valence-electron chi connectivity index (χ0n) is 16.0. The van der Waals surface area contributed by atoms with Crippen molar-refractivity contribution in [1.82, 2.24) is 15.3 Å². The number of benzene rings is 2. The molecule has 0 aliphatic rings. The quantitative estimate of drug-likeness (QED) is 0.494. The molecule has 0 saturated carbocycles. The van der Waals surface area contributed by atoms with Gasteiger partial charge in [-0.1, -0.05) is 34.6 Å². The molecule has 0 aliphatic carbocycles. The van der Waals surface area contributed by atoms with E-state index in [1.54, 1.807) is 31.2 Å². The number of nitrogens with zero attached hydrogens (tertiary/aromatic N) is 3. The molecule has 0 atom stereocenters. The van der Waals surface area contributed by atoms with Gasteiger partial charge in [0.15, 0.2) is 28.8 Å². The largest absolute Gasteiger partial charge is 0.482 e. The lowest BCUT2D eigenvalue weighted by Gasteiger charge is -2.04. The number of carbonyl (C=O) groups excluding carboxylic acids is 1. The van der Waals surface area contributed by atoms with Gasteiger partial charge >= 0.3 is 0 Å². The van der Waals surface area contributed by atoms with Crippen molar-refractivity contribution >= 4 is 11.6 Å². The van der Waals surface area contributed by atoms with E-state index in [1.165, 1.54) is 18.2 Å². The number of ether oxygens (including phenoxy) is 1. The summed E-state index contributed by atoms with van der Waals surface area (Å²) in [5, 5.41) is 10.2. The minimum absolute atomic E-state index is 0.0505. The third-order valence-electron chi connectivity index (χ3n) is 4.13. The molecule has 0 unspecified atom stereocenters. The van der Waals surface area contributed by atoms with E-state index in [9.17, 15) is 9.18 Å². The predicted octanol–water partition coefficient (Wildman–Crippen LogP) is 3.93. The van der Waals surface area contributed by atoms with Gasteiger partial charge in [0.05, 0.1) is 6.42 Å². The Hall–Kier alpha value is -4.01. The number of aromatic nitrogens is 3. The number of nitrogens with one attached hydrogen (secondary N) is 1. The molecule has 1 N–H and O–H groups in total. The highest BCUT2D eigenvalue weighted by molar-refractivity contribution is 6.02. The average Bonchev–Trinajstić information content (AvgIpc) is 3.38. The first kappa shape index (κ1) is 19.3. The van der Waals surface area contributed by atoms with Gasteiger partial charge in [0.1, 0.15) is 6.61 Å². The Morgan fingerprint density at radius 3 is 2.63 bits per heavy atom. The van der Waals surface area contributed by atoms with Crippen LogP contribution in [0.1, 0.15) is 33.5 Å². The lowest BCUT2D eigenvalue weighted by Crippen LogP contribution is -2.12. The number of anilines is 1. The lowest BCUT2D eigenvalue weighted by atomic mass is 10.1. The first-order chi connectivity index (χ1) is 14.6. The van der Waals surface area contributed by atoms with Crippen molar-refractivity contribution in [3.05, 3.63) is 89.1 Å². The summed E-state index contributed by atoms with van der Waals surface area (Å²) >= 11 is 0. The van der Waals surface area contributed by atoms with Crippen molar-refractivity contribution in [2.75, 3.05) is 5.32 Å². The third kappa shape index (κ3) is 4.69. The SMILES string of the molecule is Cc1noc(Cc2ccc(NC(=O)c3cc(COc4ccccc4F)on3)cc2)n1. The second-order valence-electron chi connectivity index (χ2n) is 6.46. The van der Waals surface area contributed by atoms with Crippen LogP contribution in [0.2, 0.25) is 0 Å². The maximum atomic E-state index is 13.6. The van der Waals surface area contributed by atoms with E-state index >= 15 is 0 Å². The number of rotatable bonds is 7. The standard InChI is InChI=1S/C21H17FN4O4/c1-13-23-20(30-25-13)10-14-6-8-15(9-7-14)24-21(27)18-11-16(29-26-18)12-28-19-5-3-2-4-17(19)22/h2-9,11H,10,12H2,1H3,(H,24,27). The van der Waals surface area contributed by atoms with Crippen LogP contribution in [-0.2, 0) is 13.0 Å². The number of carbonyl (C=O) groups is 1. The summed E-state index contributed by atoms with van der Waals surface area (Å²) in [6, 6.07) is 14.7. The maximum absolute atomic E-state index is 13.6. The molecule has 0 spiro atoms. The number of aryl methyl sites for hydroxylation is 1. The van der Waals surface area contributed by atoms with Gasteiger partial charge < -0.3 is 19.1 Å². The van der Waals surface area contributed by atoms with Crippen molar-refractivity contribution in [2.45, 2.75) is 20.0 Å². The molecule has 9 heteroatoms. The average molecular weight is 408 g/mol. The highest BCUT2D eigenvalue weighted by Crippen LogP contribution is 2.18. The fourth-order valence-corrected chi connectivity index (χ4v) is 2.69. The molecular weight excluding hydrogens is 391 g/mol. The molecule has 0 bridgehead atoms. The van der Waals surface area contributed by atoms with Crippen molar-refractivity contribution in [1.29, 1.82) is 0 Å². The van der Waals surface area contributed by atoms with E-state index in [4.69, 9.17) is 13.8 Å². The van der Waals surface area contributed by atoms with Crippen LogP contribution in [0.5, 0.6) is 5.75 Å². The first-order valence-electron chi connectivity index (χ1n) is 9.09. The number of halogens is 1. The van der Waals surface area contributed by atoms with Crippen LogP contribution in [0, 0.1) is 12.7 Å². The first-order valence-corrected chi connectivity index (χ1v) is 9.09. The summed E-state index contributed by atoms with van der Waals surface area (Å²) in [5.74, 6) is 0.588. The molecule has 1 amide bonds. The number of hydrogen-bond acceptors (Lipinski definition) is 7. The van der Waals surface area contributed by atoms with Crippen molar-refractivity contribution in [2.24, 2.45) is 0 Å². The van der Waals surface area contributed by atoms with Gasteiger partial charge in [0.25, 0.3) is 5.91 Å². The van der Waals surface area contributed by atoms with Crippen molar-refractivity contribution in [3.8, 4) is 5.75 Å². The van der Waals surface area contributed by atoms with E-state index in [0.29, 0.717) is 29.6 Å². The third-order valence-corrected chi connectivity index (χ3v) is 4.13. The molecular formula is C21H17FN4O4. The zero-order chi connectivity index (χ0) is 20.9. The van der Waals surface area contributed by atoms with Crippen LogP contribution in [0.3, 0.4) is 0 Å². The van der Waals surface area contributed by atoms with E-state index < -0.39 is 11.7 Å². The van der Waals surface area contributed by atoms with Gasteiger partial charge in [-0.25, -0.2) is 4.39 Å². The normalized spacial score (nSPS) is 10.7. The zero-order valence-corrected chi connectivity index (χ0v) is 16.0. The maximum Gasteiger partial charge on any atom is 0.277 e. The van der Waals surface area contributed by atoms with E-state index in [-0.39, 0.29) is 18.1 Å². The predicted molar refractivity (Wildman–Crippen MR) is 103 cm³/mol. The fourth-order valence-electron chi connectivity index (χ4n) is 2.69. The summed E-state index contributed by atoms with van der Waals surface area (Å²) in [6.45, 7) is 1.71. The second-order valence-corrected chi connectivity index (χ2v) is 6.46. The van der Waals surface area contributed by atoms with Crippen LogP contribution in [0.25, 0.3) is 0 Å². The molecule has 2 heterocycles. The van der Waals surface area contributed by atoms with Gasteiger partial charge in [-0.15, -0.1) is 0 Å². The molecule has 8 nitrogen and oxygen atoms in total. The Kier molecular flexibility index (Phi) is 5.51. The summed E-state index contributed by atoms with van der Waals surface area (Å²) in [7, 11) is 0. The Balaban J connectivity index is 1.33. The van der Waals surface area contributed by atoms with E-state index in [1.807, 2.05) is 12.1 Å². The van der Waals surface area contributed by atoms with Crippen LogP contribution >= 0.6 is 0 Å². The Labute approximate surface area is 170 Å². The molecule has 4 aromatic rings. The summed E-state index contributed by atoms with van der Waals surface area (Å²) in [4.78, 5) is 16.5. The van der Waals surface area contributed by atoms with Crippen LogP contribution in [-0.4, -0.2) is 21.2 Å². The van der Waals surface area contributed by atoms with E-state index in [0.717, 1.165) is 5.56 Å². The van der Waals surface area contributed by atoms with Gasteiger partial charge in [-0.05, 0) is 36.8 Å². The lowest BCUT2D eigenvalue weighted by molar-refractivity contribution is 0.101. The molecule has 4 rings (SSSR count). The number of para-hydroxylation sites is 1. The minimum atomic E-state index is -0.479. The molecule has 0 radical (unpaired) electrons. The summed E-state index contributed by atoms with van der Waals surface area (Å²) < 4.78 is 29.1. The smallest absolute Gasteiger partial charge is 0.277 e. The molecule has 2 aromatic carbocycles. The molecule has 0 aliphatic heterocycles. The Morgan fingerprint density at radius 1 is 1.10 bits per heavy atom. The van der Waals surface area contributed by atoms with Crippen molar-refractivity contribution in [3.63, 3.8) is 0 Å². The van der Waals surface area contributed by atoms with Crippen molar-refractivity contribution < 1.29 is 23.0 Å². The van der Waals surface area contributed by atoms with Crippen LogP contribution in [0.15, 0.2) is 63.6 Å². The summed E-state index contributed by atoms with van der Waals surface area (Å²) in [5.41, 5.74) is 1.65. The molecule has 152 valence electrons. The van der Waals surface area contributed by atoms with Gasteiger partial charge in [0.2, 0.25) is 5.89 Å². The summed E-state index contributed by atoms with van der Waals surface area (Å²) in [6.07, 6.45) is 0.504. The molecule has 0 saturated heterocycles. The van der Waals surface area contributed by atoms with Crippen LogP contribution in [0.4, 0.5) is 10.1 Å². The second kappa shape index (κ2) is 8.56. The number of amides is 1. The highest BCUT2D eigenvalue weighted by atomic mass is 19.1. The topological polar surface area (TPSA) is 103 Å². The van der Waals surface area contributed by atoms with Crippen LogP contribution < -0.4 is 10.1 Å². The highest BCUT2D eigenvalue weighted by Gasteiger charge is 2.14. The van der Waals surface area contributed by atoms with Gasteiger partial charge in [0, 0.05) is 11.8 Å². The molecule has 2 aromatic heterocycles. The molecule has 0 fully saturated rings.